The summed E-state index contributed by atoms with van der Waals surface area (Å²) in [4.78, 5) is 14.4. The van der Waals surface area contributed by atoms with Gasteiger partial charge in [-0.15, -0.1) is 0 Å². The summed E-state index contributed by atoms with van der Waals surface area (Å²) in [7, 11) is 0. The van der Waals surface area contributed by atoms with Gasteiger partial charge < -0.3 is 0 Å². The van der Waals surface area contributed by atoms with E-state index in [1.165, 1.54) is 38.8 Å². The summed E-state index contributed by atoms with van der Waals surface area (Å²) in [6.07, 6.45) is 3.77. The van der Waals surface area contributed by atoms with Gasteiger partial charge in [-0.1, -0.05) is 70.7 Å². The molecule has 0 aliphatic carbocycles. The number of hydrogen-bond acceptors (Lipinski definition) is 4. The number of aryl methyl sites for hydroxylation is 3. The predicted molar refractivity (Wildman–Crippen MR) is 150 cm³/mol. The third-order valence-electron chi connectivity index (χ3n) is 7.43. The van der Waals surface area contributed by atoms with Crippen molar-refractivity contribution in [3.05, 3.63) is 114 Å². The van der Waals surface area contributed by atoms with Crippen LogP contribution >= 0.6 is 0 Å². The van der Waals surface area contributed by atoms with Gasteiger partial charge in [0, 0.05) is 12.4 Å². The van der Waals surface area contributed by atoms with Gasteiger partial charge in [-0.25, -0.2) is 9.97 Å². The summed E-state index contributed by atoms with van der Waals surface area (Å²) in [5, 5.41) is 0. The van der Waals surface area contributed by atoms with E-state index in [-0.39, 0.29) is 6.71 Å². The molecular weight excluding hydrogens is 439 g/mol. The van der Waals surface area contributed by atoms with Crippen molar-refractivity contribution in [3.63, 3.8) is 0 Å². The molecule has 2 aliphatic heterocycles. The van der Waals surface area contributed by atoms with E-state index in [1.807, 2.05) is 24.5 Å². The summed E-state index contributed by atoms with van der Waals surface area (Å²) in [6, 6.07) is 30.2. The minimum atomic E-state index is 0.0938. The van der Waals surface area contributed by atoms with Crippen molar-refractivity contribution in [1.29, 1.82) is 0 Å². The van der Waals surface area contributed by atoms with Gasteiger partial charge in [0.25, 0.3) is 0 Å². The summed E-state index contributed by atoms with van der Waals surface area (Å²) >= 11 is 0. The molecule has 2 aliphatic rings. The Morgan fingerprint density at radius 3 is 2.03 bits per heavy atom. The van der Waals surface area contributed by atoms with E-state index in [2.05, 4.69) is 103 Å². The van der Waals surface area contributed by atoms with Crippen LogP contribution in [0.4, 0.5) is 34.4 Å². The standard InChI is InChI=1S/C31H25BN4/c1-20-18-21(2)29(22(3)19-20)32-23-10-8-14-27-30(23)36(31-24(32)11-9-17-34-31)26-13-5-4-12-25(26)35(27)28-15-6-7-16-33-28/h4-19H,1-3H3. The molecular formula is C31H25BN4. The SMILES string of the molecule is Cc1cc(C)c(B2c3cccnc3N3c4ccccc4N(c4ccccn4)c4cccc2c43)c(C)c1. The maximum atomic E-state index is 4.99. The van der Waals surface area contributed by atoms with Crippen LogP contribution in [-0.2, 0) is 0 Å². The Kier molecular flexibility index (Phi) is 4.55. The Hall–Kier alpha value is -4.38. The lowest BCUT2D eigenvalue weighted by Crippen LogP contribution is -2.59. The minimum Gasteiger partial charge on any atom is -0.292 e. The molecule has 4 nitrogen and oxygen atoms in total. The number of benzene rings is 3. The van der Waals surface area contributed by atoms with Crippen molar-refractivity contribution in [2.75, 3.05) is 9.80 Å². The molecule has 0 bridgehead atoms. The molecule has 0 spiro atoms. The van der Waals surface area contributed by atoms with Crippen molar-refractivity contribution in [3.8, 4) is 0 Å². The van der Waals surface area contributed by atoms with E-state index in [0.29, 0.717) is 0 Å². The van der Waals surface area contributed by atoms with Crippen molar-refractivity contribution in [1.82, 2.24) is 9.97 Å². The van der Waals surface area contributed by atoms with Gasteiger partial charge in [-0.3, -0.25) is 9.80 Å². The van der Waals surface area contributed by atoms with E-state index < -0.39 is 0 Å². The molecule has 0 atom stereocenters. The highest BCUT2D eigenvalue weighted by Crippen LogP contribution is 2.53. The number of anilines is 6. The molecule has 0 unspecified atom stereocenters. The first kappa shape index (κ1) is 21.0. The van der Waals surface area contributed by atoms with Gasteiger partial charge in [-0.2, -0.15) is 0 Å². The first-order chi connectivity index (χ1) is 17.6. The summed E-state index contributed by atoms with van der Waals surface area (Å²) in [6.45, 7) is 6.75. The lowest BCUT2D eigenvalue weighted by atomic mass is 9.34. The fraction of sp³-hybridized carbons (Fsp3) is 0.0968. The second kappa shape index (κ2) is 7.82. The Balaban J connectivity index is 1.59. The van der Waals surface area contributed by atoms with Crippen molar-refractivity contribution >= 4 is 57.5 Å². The van der Waals surface area contributed by atoms with Gasteiger partial charge in [-0.05, 0) is 68.1 Å². The van der Waals surface area contributed by atoms with Crippen LogP contribution in [0.1, 0.15) is 16.7 Å². The highest BCUT2D eigenvalue weighted by Gasteiger charge is 2.42. The predicted octanol–water partition coefficient (Wildman–Crippen LogP) is 5.48. The van der Waals surface area contributed by atoms with Gasteiger partial charge in [0.05, 0.1) is 22.7 Å². The highest BCUT2D eigenvalue weighted by atomic mass is 15.3. The monoisotopic (exact) mass is 464 g/mol. The summed E-state index contributed by atoms with van der Waals surface area (Å²) < 4.78 is 0. The number of fused-ring (bicyclic) bond motifs is 4. The molecule has 7 rings (SSSR count). The zero-order valence-corrected chi connectivity index (χ0v) is 20.6. The average molecular weight is 464 g/mol. The maximum absolute atomic E-state index is 4.99. The highest BCUT2D eigenvalue weighted by molar-refractivity contribution is 6.98. The molecule has 5 heteroatoms. The lowest BCUT2D eigenvalue weighted by molar-refractivity contribution is 1.11. The van der Waals surface area contributed by atoms with Crippen LogP contribution in [0, 0.1) is 20.8 Å². The molecule has 5 aromatic rings. The number of para-hydroxylation sites is 3. The number of pyridine rings is 2. The zero-order chi connectivity index (χ0) is 24.4. The fourth-order valence-corrected chi connectivity index (χ4v) is 6.20. The second-order valence-electron chi connectivity index (χ2n) is 9.72. The van der Waals surface area contributed by atoms with Crippen molar-refractivity contribution in [2.24, 2.45) is 0 Å². The first-order valence-electron chi connectivity index (χ1n) is 12.4. The van der Waals surface area contributed by atoms with Crippen LogP contribution in [-0.4, -0.2) is 16.7 Å². The Morgan fingerprint density at radius 1 is 0.611 bits per heavy atom. The molecule has 0 amide bonds. The molecule has 2 aromatic heterocycles. The van der Waals surface area contributed by atoms with Gasteiger partial charge in [0.15, 0.2) is 0 Å². The van der Waals surface area contributed by atoms with Gasteiger partial charge in [0.2, 0.25) is 6.71 Å². The first-order valence-corrected chi connectivity index (χ1v) is 12.4. The van der Waals surface area contributed by atoms with Gasteiger partial charge in [0.1, 0.15) is 11.6 Å². The molecule has 3 aromatic carbocycles. The lowest BCUT2D eigenvalue weighted by Gasteiger charge is -2.44. The maximum Gasteiger partial charge on any atom is 0.249 e. The van der Waals surface area contributed by atoms with E-state index in [9.17, 15) is 0 Å². The average Bonchev–Trinajstić information content (AvgIpc) is 2.89. The molecule has 172 valence electrons. The Morgan fingerprint density at radius 2 is 1.28 bits per heavy atom. The van der Waals surface area contributed by atoms with E-state index in [0.717, 1.165) is 28.7 Å². The topological polar surface area (TPSA) is 32.3 Å². The van der Waals surface area contributed by atoms with Crippen LogP contribution < -0.4 is 26.2 Å². The molecule has 0 N–H and O–H groups in total. The van der Waals surface area contributed by atoms with E-state index in [1.54, 1.807) is 0 Å². The minimum absolute atomic E-state index is 0.0938. The smallest absolute Gasteiger partial charge is 0.249 e. The van der Waals surface area contributed by atoms with E-state index >= 15 is 0 Å². The van der Waals surface area contributed by atoms with Crippen LogP contribution in [0.3, 0.4) is 0 Å². The molecule has 4 heterocycles. The van der Waals surface area contributed by atoms with Crippen LogP contribution in [0.5, 0.6) is 0 Å². The zero-order valence-electron chi connectivity index (χ0n) is 20.6. The summed E-state index contributed by atoms with van der Waals surface area (Å²) in [5.74, 6) is 1.90. The molecule has 0 radical (unpaired) electrons. The van der Waals surface area contributed by atoms with Crippen LogP contribution in [0.2, 0.25) is 0 Å². The van der Waals surface area contributed by atoms with Crippen molar-refractivity contribution in [2.45, 2.75) is 20.8 Å². The number of rotatable bonds is 2. The largest absolute Gasteiger partial charge is 0.292 e. The summed E-state index contributed by atoms with van der Waals surface area (Å²) in [5.41, 5.74) is 12.3. The number of hydrogen-bond donors (Lipinski definition) is 0. The Labute approximate surface area is 212 Å². The molecule has 0 saturated carbocycles. The number of nitrogens with zero attached hydrogens (tertiary/aromatic N) is 4. The van der Waals surface area contributed by atoms with Crippen LogP contribution in [0.15, 0.2) is 97.3 Å². The quantitative estimate of drug-likeness (QED) is 0.317. The van der Waals surface area contributed by atoms with Gasteiger partial charge >= 0.3 is 0 Å². The van der Waals surface area contributed by atoms with Crippen LogP contribution in [0.25, 0.3) is 0 Å². The third kappa shape index (κ3) is 2.89. The third-order valence-corrected chi connectivity index (χ3v) is 7.43. The van der Waals surface area contributed by atoms with E-state index in [4.69, 9.17) is 9.97 Å². The second-order valence-corrected chi connectivity index (χ2v) is 9.72. The normalized spacial score (nSPS) is 13.2. The molecule has 36 heavy (non-hydrogen) atoms. The Bertz CT molecular complexity index is 1620. The number of aromatic nitrogens is 2. The fourth-order valence-electron chi connectivity index (χ4n) is 6.20. The molecule has 0 saturated heterocycles. The van der Waals surface area contributed by atoms with Crippen molar-refractivity contribution < 1.29 is 0 Å². The molecule has 0 fully saturated rings.